The summed E-state index contributed by atoms with van der Waals surface area (Å²) in [6, 6.07) is 9.85. The van der Waals surface area contributed by atoms with Crippen molar-refractivity contribution in [3.63, 3.8) is 0 Å². The van der Waals surface area contributed by atoms with Crippen molar-refractivity contribution in [3.05, 3.63) is 97.7 Å². The lowest BCUT2D eigenvalue weighted by molar-refractivity contribution is -0.384. The van der Waals surface area contributed by atoms with E-state index in [1.165, 1.54) is 23.5 Å². The molecule has 2 heterocycles. The van der Waals surface area contributed by atoms with Gasteiger partial charge >= 0.3 is 0 Å². The molecule has 1 saturated heterocycles. The standard InChI is InChI=1S/C21H12F2N2O5S/c22-14-8-7-13(10-15(14)23)24-18(16-2-1-9-31-16)17(20(27)21(24)28)19(26)11-3-5-12(6-4-11)25(29)30/h1-10,18,26H/b19-17-. The van der Waals surface area contributed by atoms with Crippen molar-refractivity contribution >= 4 is 40.2 Å². The van der Waals surface area contributed by atoms with Crippen LogP contribution in [0.1, 0.15) is 16.5 Å². The van der Waals surface area contributed by atoms with E-state index in [0.717, 1.165) is 35.2 Å². The Morgan fingerprint density at radius 2 is 1.77 bits per heavy atom. The van der Waals surface area contributed by atoms with Gasteiger partial charge < -0.3 is 5.11 Å². The number of rotatable bonds is 4. The van der Waals surface area contributed by atoms with Gasteiger partial charge in [0.25, 0.3) is 17.4 Å². The summed E-state index contributed by atoms with van der Waals surface area (Å²) in [4.78, 5) is 37.4. The first-order chi connectivity index (χ1) is 14.8. The Bertz CT molecular complexity index is 1240. The summed E-state index contributed by atoms with van der Waals surface area (Å²) in [6.45, 7) is 0. The van der Waals surface area contributed by atoms with Crippen LogP contribution in [0.5, 0.6) is 0 Å². The first kappa shape index (κ1) is 20.4. The Hall–Kier alpha value is -3.92. The summed E-state index contributed by atoms with van der Waals surface area (Å²) in [6.07, 6.45) is 0. The SMILES string of the molecule is O=C1C(=O)N(c2ccc(F)c(F)c2)C(c2cccs2)/C1=C(/O)c1ccc([N+](=O)[O-])cc1. The summed E-state index contributed by atoms with van der Waals surface area (Å²) in [7, 11) is 0. The lowest BCUT2D eigenvalue weighted by Crippen LogP contribution is -2.29. The summed E-state index contributed by atoms with van der Waals surface area (Å²) in [5.74, 6) is -4.87. The molecule has 7 nitrogen and oxygen atoms in total. The van der Waals surface area contributed by atoms with E-state index >= 15 is 0 Å². The monoisotopic (exact) mass is 442 g/mol. The average molecular weight is 442 g/mol. The van der Waals surface area contributed by atoms with Crippen LogP contribution in [-0.4, -0.2) is 21.7 Å². The number of carbonyl (C=O) groups excluding carboxylic acids is 2. The van der Waals surface area contributed by atoms with Gasteiger partial charge in [-0.3, -0.25) is 24.6 Å². The van der Waals surface area contributed by atoms with Crippen LogP contribution < -0.4 is 4.90 Å². The first-order valence-electron chi connectivity index (χ1n) is 8.84. The molecule has 1 aliphatic heterocycles. The van der Waals surface area contributed by atoms with Crippen LogP contribution in [0.15, 0.2) is 65.6 Å². The van der Waals surface area contributed by atoms with Gasteiger partial charge in [0, 0.05) is 34.3 Å². The van der Waals surface area contributed by atoms with Crippen LogP contribution in [0.2, 0.25) is 0 Å². The molecular weight excluding hydrogens is 430 g/mol. The molecule has 1 aliphatic rings. The number of benzene rings is 2. The van der Waals surface area contributed by atoms with Gasteiger partial charge in [0.1, 0.15) is 11.8 Å². The molecule has 0 spiro atoms. The number of ketones is 1. The predicted octanol–water partition coefficient (Wildman–Crippen LogP) is 4.56. The van der Waals surface area contributed by atoms with E-state index in [4.69, 9.17) is 0 Å². The minimum atomic E-state index is -1.19. The Morgan fingerprint density at radius 3 is 2.35 bits per heavy atom. The number of hydrogen-bond acceptors (Lipinski definition) is 6. The van der Waals surface area contributed by atoms with Crippen LogP contribution in [0.4, 0.5) is 20.2 Å². The van der Waals surface area contributed by atoms with Gasteiger partial charge in [-0.15, -0.1) is 11.3 Å². The highest BCUT2D eigenvalue weighted by Gasteiger charge is 2.47. The van der Waals surface area contributed by atoms with E-state index in [9.17, 15) is 33.6 Å². The lowest BCUT2D eigenvalue weighted by atomic mass is 9.99. The van der Waals surface area contributed by atoms with Gasteiger partial charge in [-0.2, -0.15) is 0 Å². The van der Waals surface area contributed by atoms with Crippen LogP contribution in [0.25, 0.3) is 5.76 Å². The third-order valence-electron chi connectivity index (χ3n) is 4.79. The number of Topliss-reactive ketones (excluding diaryl/α,β-unsaturated/α-hetero) is 1. The van der Waals surface area contributed by atoms with E-state index in [2.05, 4.69) is 0 Å². The first-order valence-corrected chi connectivity index (χ1v) is 9.72. The fourth-order valence-corrected chi connectivity index (χ4v) is 4.17. The quantitative estimate of drug-likeness (QED) is 0.210. The lowest BCUT2D eigenvalue weighted by Gasteiger charge is -2.24. The Labute approximate surface area is 177 Å². The molecule has 10 heteroatoms. The molecule has 2 aromatic carbocycles. The maximum atomic E-state index is 13.8. The van der Waals surface area contributed by atoms with Crippen molar-refractivity contribution in [1.29, 1.82) is 0 Å². The molecule has 156 valence electrons. The highest BCUT2D eigenvalue weighted by Crippen LogP contribution is 2.43. The van der Waals surface area contributed by atoms with E-state index in [0.29, 0.717) is 4.88 Å². The van der Waals surface area contributed by atoms with Crippen molar-refractivity contribution in [1.82, 2.24) is 0 Å². The average Bonchev–Trinajstić information content (AvgIpc) is 3.37. The smallest absolute Gasteiger partial charge is 0.300 e. The zero-order valence-electron chi connectivity index (χ0n) is 15.5. The van der Waals surface area contributed by atoms with Crippen LogP contribution in [0, 0.1) is 21.7 Å². The second kappa shape index (κ2) is 7.73. The summed E-state index contributed by atoms with van der Waals surface area (Å²) >= 11 is 1.20. The molecule has 1 aromatic heterocycles. The second-order valence-corrected chi connectivity index (χ2v) is 7.57. The number of non-ortho nitro benzene ring substituents is 1. The highest BCUT2D eigenvalue weighted by atomic mass is 32.1. The Morgan fingerprint density at radius 1 is 1.06 bits per heavy atom. The van der Waals surface area contributed by atoms with Crippen molar-refractivity contribution in [2.45, 2.75) is 6.04 Å². The zero-order chi connectivity index (χ0) is 22.3. The molecule has 3 aromatic rings. The molecule has 4 rings (SSSR count). The molecular formula is C21H12F2N2O5S. The normalized spacial score (nSPS) is 17.9. The van der Waals surface area contributed by atoms with E-state index in [1.54, 1.807) is 17.5 Å². The molecule has 1 N–H and O–H groups in total. The number of nitro benzene ring substituents is 1. The molecule has 1 atom stereocenters. The summed E-state index contributed by atoms with van der Waals surface area (Å²) in [5, 5.41) is 23.4. The van der Waals surface area contributed by atoms with E-state index in [1.807, 2.05) is 0 Å². The molecule has 1 fully saturated rings. The number of nitrogens with zero attached hydrogens (tertiary/aromatic N) is 2. The third-order valence-corrected chi connectivity index (χ3v) is 5.71. The molecule has 1 amide bonds. The van der Waals surface area contributed by atoms with Crippen LogP contribution >= 0.6 is 11.3 Å². The van der Waals surface area contributed by atoms with Gasteiger partial charge in [0.2, 0.25) is 0 Å². The third kappa shape index (κ3) is 3.46. The summed E-state index contributed by atoms with van der Waals surface area (Å²) < 4.78 is 27.2. The minimum absolute atomic E-state index is 0.0536. The van der Waals surface area contributed by atoms with Crippen LogP contribution in [-0.2, 0) is 9.59 Å². The van der Waals surface area contributed by atoms with Crippen molar-refractivity contribution in [2.75, 3.05) is 4.90 Å². The Balaban J connectivity index is 1.89. The predicted molar refractivity (Wildman–Crippen MR) is 109 cm³/mol. The number of aliphatic hydroxyl groups is 1. The summed E-state index contributed by atoms with van der Waals surface area (Å²) in [5.41, 5.74) is -0.433. The molecule has 0 aliphatic carbocycles. The number of thiophene rings is 1. The van der Waals surface area contributed by atoms with Crippen molar-refractivity contribution in [2.24, 2.45) is 0 Å². The minimum Gasteiger partial charge on any atom is -0.507 e. The molecule has 0 bridgehead atoms. The van der Waals surface area contributed by atoms with E-state index < -0.39 is 40.0 Å². The molecule has 0 radical (unpaired) electrons. The molecule has 31 heavy (non-hydrogen) atoms. The largest absolute Gasteiger partial charge is 0.507 e. The number of nitro groups is 1. The second-order valence-electron chi connectivity index (χ2n) is 6.59. The van der Waals surface area contributed by atoms with Gasteiger partial charge in [-0.25, -0.2) is 8.78 Å². The number of aliphatic hydroxyl groups excluding tert-OH is 1. The van der Waals surface area contributed by atoms with Crippen molar-refractivity contribution in [3.8, 4) is 0 Å². The van der Waals surface area contributed by atoms with Crippen molar-refractivity contribution < 1.29 is 28.4 Å². The topological polar surface area (TPSA) is 101 Å². The number of halogens is 2. The van der Waals surface area contributed by atoms with E-state index in [-0.39, 0.29) is 22.5 Å². The van der Waals surface area contributed by atoms with Gasteiger partial charge in [0.15, 0.2) is 11.6 Å². The molecule has 1 unspecified atom stereocenters. The van der Waals surface area contributed by atoms with Gasteiger partial charge in [-0.05, 0) is 35.7 Å². The fraction of sp³-hybridized carbons (Fsp3) is 0.0476. The highest BCUT2D eigenvalue weighted by molar-refractivity contribution is 7.10. The fourth-order valence-electron chi connectivity index (χ4n) is 3.35. The van der Waals surface area contributed by atoms with Gasteiger partial charge in [-0.1, -0.05) is 6.07 Å². The number of hydrogen-bond donors (Lipinski definition) is 1. The number of carbonyl (C=O) groups is 2. The molecule has 0 saturated carbocycles. The Kier molecular flexibility index (Phi) is 5.07. The number of anilines is 1. The zero-order valence-corrected chi connectivity index (χ0v) is 16.3. The van der Waals surface area contributed by atoms with Crippen LogP contribution in [0.3, 0.4) is 0 Å². The number of amides is 1. The maximum Gasteiger partial charge on any atom is 0.300 e. The maximum absolute atomic E-state index is 13.8. The van der Waals surface area contributed by atoms with Gasteiger partial charge in [0.05, 0.1) is 10.5 Å².